The second kappa shape index (κ2) is 5.75. The Labute approximate surface area is 114 Å². The summed E-state index contributed by atoms with van der Waals surface area (Å²) >= 11 is 4.80. The van der Waals surface area contributed by atoms with Crippen molar-refractivity contribution in [3.05, 3.63) is 65.2 Å². The average molecular weight is 279 g/mol. The molecule has 2 N–H and O–H groups in total. The summed E-state index contributed by atoms with van der Waals surface area (Å²) in [5, 5.41) is 0. The Kier molecular flexibility index (Phi) is 4.06. The second-order valence-electron chi connectivity index (χ2n) is 3.96. The standard InChI is InChI=1S/C14H11F2NOS/c15-11-2-1-3-13(7-11)18-8-9-4-10(14(17)19)6-12(16)5-9/h1-7H,8H2,(H2,17,19). The largest absolute Gasteiger partial charge is 0.489 e. The summed E-state index contributed by atoms with van der Waals surface area (Å²) in [5.41, 5.74) is 6.47. The van der Waals surface area contributed by atoms with Crippen molar-refractivity contribution in [2.75, 3.05) is 0 Å². The average Bonchev–Trinajstić information content (AvgIpc) is 2.36. The molecule has 0 fully saturated rings. The van der Waals surface area contributed by atoms with E-state index in [0.717, 1.165) is 0 Å². The summed E-state index contributed by atoms with van der Waals surface area (Å²) in [4.78, 5) is 0.117. The van der Waals surface area contributed by atoms with Crippen LogP contribution in [-0.4, -0.2) is 4.99 Å². The predicted octanol–water partition coefficient (Wildman–Crippen LogP) is 3.18. The maximum atomic E-state index is 13.3. The molecule has 0 aliphatic heterocycles. The summed E-state index contributed by atoms with van der Waals surface area (Å²) in [5.74, 6) is -0.454. The van der Waals surface area contributed by atoms with Crippen molar-refractivity contribution in [1.29, 1.82) is 0 Å². The van der Waals surface area contributed by atoms with Crippen LogP contribution in [0.5, 0.6) is 5.75 Å². The summed E-state index contributed by atoms with van der Waals surface area (Å²) in [6.45, 7) is 0.108. The van der Waals surface area contributed by atoms with E-state index in [0.29, 0.717) is 16.9 Å². The third kappa shape index (κ3) is 3.72. The van der Waals surface area contributed by atoms with E-state index in [1.165, 1.54) is 30.3 Å². The molecule has 0 aliphatic carbocycles. The maximum absolute atomic E-state index is 13.3. The molecule has 2 aromatic carbocycles. The van der Waals surface area contributed by atoms with Crippen molar-refractivity contribution in [2.45, 2.75) is 6.61 Å². The summed E-state index contributed by atoms with van der Waals surface area (Å²) < 4.78 is 31.7. The van der Waals surface area contributed by atoms with E-state index in [2.05, 4.69) is 0 Å². The molecule has 2 nitrogen and oxygen atoms in total. The molecular weight excluding hydrogens is 268 g/mol. The lowest BCUT2D eigenvalue weighted by atomic mass is 10.1. The molecule has 0 saturated heterocycles. The monoisotopic (exact) mass is 279 g/mol. The zero-order valence-corrected chi connectivity index (χ0v) is 10.7. The summed E-state index contributed by atoms with van der Waals surface area (Å²) in [6, 6.07) is 9.96. The Hall–Kier alpha value is -2.01. The van der Waals surface area contributed by atoms with Crippen molar-refractivity contribution in [3.8, 4) is 5.75 Å². The smallest absolute Gasteiger partial charge is 0.126 e. The van der Waals surface area contributed by atoms with Crippen LogP contribution >= 0.6 is 12.2 Å². The first-order valence-corrected chi connectivity index (χ1v) is 5.93. The highest BCUT2D eigenvalue weighted by molar-refractivity contribution is 7.80. The number of hydrogen-bond acceptors (Lipinski definition) is 2. The third-order valence-electron chi connectivity index (χ3n) is 2.44. The molecule has 0 spiro atoms. The lowest BCUT2D eigenvalue weighted by molar-refractivity contribution is 0.304. The van der Waals surface area contributed by atoms with Gasteiger partial charge in [0.1, 0.15) is 29.0 Å². The van der Waals surface area contributed by atoms with Crippen molar-refractivity contribution in [1.82, 2.24) is 0 Å². The zero-order chi connectivity index (χ0) is 13.8. The van der Waals surface area contributed by atoms with Crippen molar-refractivity contribution in [2.24, 2.45) is 5.73 Å². The van der Waals surface area contributed by atoms with Gasteiger partial charge in [0.05, 0.1) is 0 Å². The number of rotatable bonds is 4. The normalized spacial score (nSPS) is 10.2. The first kappa shape index (κ1) is 13.4. The molecule has 0 unspecified atom stereocenters. The summed E-state index contributed by atoms with van der Waals surface area (Å²) in [6.07, 6.45) is 0. The highest BCUT2D eigenvalue weighted by Gasteiger charge is 2.04. The number of halogens is 2. The third-order valence-corrected chi connectivity index (χ3v) is 2.68. The van der Waals surface area contributed by atoms with E-state index in [-0.39, 0.29) is 17.4 Å². The van der Waals surface area contributed by atoms with Gasteiger partial charge in [-0.2, -0.15) is 0 Å². The molecule has 19 heavy (non-hydrogen) atoms. The molecule has 0 atom stereocenters. The minimum Gasteiger partial charge on any atom is -0.489 e. The van der Waals surface area contributed by atoms with Crippen LogP contribution in [0.15, 0.2) is 42.5 Å². The zero-order valence-electron chi connectivity index (χ0n) is 9.90. The maximum Gasteiger partial charge on any atom is 0.126 e. The van der Waals surface area contributed by atoms with Gasteiger partial charge in [0.2, 0.25) is 0 Å². The van der Waals surface area contributed by atoms with E-state index in [9.17, 15) is 8.78 Å². The van der Waals surface area contributed by atoms with Crippen LogP contribution < -0.4 is 10.5 Å². The van der Waals surface area contributed by atoms with Gasteiger partial charge in [-0.05, 0) is 35.9 Å². The van der Waals surface area contributed by atoms with Gasteiger partial charge < -0.3 is 10.5 Å². The van der Waals surface area contributed by atoms with Crippen LogP contribution in [0.3, 0.4) is 0 Å². The Morgan fingerprint density at radius 2 is 1.89 bits per heavy atom. The predicted molar refractivity (Wildman–Crippen MR) is 73.0 cm³/mol. The van der Waals surface area contributed by atoms with Gasteiger partial charge in [-0.3, -0.25) is 0 Å². The molecule has 5 heteroatoms. The molecule has 0 saturated carbocycles. The Balaban J connectivity index is 2.13. The van der Waals surface area contributed by atoms with Crippen LogP contribution in [-0.2, 0) is 6.61 Å². The quantitative estimate of drug-likeness (QED) is 0.873. The van der Waals surface area contributed by atoms with E-state index < -0.39 is 5.82 Å². The number of nitrogens with two attached hydrogens (primary N) is 1. The second-order valence-corrected chi connectivity index (χ2v) is 4.40. The Morgan fingerprint density at radius 3 is 2.58 bits per heavy atom. The SMILES string of the molecule is NC(=S)c1cc(F)cc(COc2cccc(F)c2)c1. The number of benzene rings is 2. The van der Waals surface area contributed by atoms with Crippen LogP contribution in [0, 0.1) is 11.6 Å². The van der Waals surface area contributed by atoms with Gasteiger partial charge >= 0.3 is 0 Å². The van der Waals surface area contributed by atoms with Crippen LogP contribution in [0.4, 0.5) is 8.78 Å². The fourth-order valence-electron chi connectivity index (χ4n) is 1.60. The van der Waals surface area contributed by atoms with E-state index in [1.807, 2.05) is 0 Å². The van der Waals surface area contributed by atoms with Gasteiger partial charge in [-0.15, -0.1) is 0 Å². The lowest BCUT2D eigenvalue weighted by Gasteiger charge is -2.08. The van der Waals surface area contributed by atoms with Crippen LogP contribution in [0.2, 0.25) is 0 Å². The molecule has 0 radical (unpaired) electrons. The van der Waals surface area contributed by atoms with Crippen LogP contribution in [0.25, 0.3) is 0 Å². The van der Waals surface area contributed by atoms with Crippen molar-refractivity contribution in [3.63, 3.8) is 0 Å². The van der Waals surface area contributed by atoms with E-state index in [4.69, 9.17) is 22.7 Å². The van der Waals surface area contributed by atoms with Gasteiger partial charge in [0.15, 0.2) is 0 Å². The number of ether oxygens (including phenoxy) is 1. The van der Waals surface area contributed by atoms with Gasteiger partial charge in [0.25, 0.3) is 0 Å². The Morgan fingerprint density at radius 1 is 1.11 bits per heavy atom. The first-order valence-electron chi connectivity index (χ1n) is 5.52. The topological polar surface area (TPSA) is 35.2 Å². The van der Waals surface area contributed by atoms with Gasteiger partial charge in [-0.25, -0.2) is 8.78 Å². The van der Waals surface area contributed by atoms with Crippen molar-refractivity contribution >= 4 is 17.2 Å². The number of hydrogen-bond donors (Lipinski definition) is 1. The Bertz CT molecular complexity index is 616. The van der Waals surface area contributed by atoms with E-state index in [1.54, 1.807) is 12.1 Å². The molecule has 98 valence electrons. The summed E-state index contributed by atoms with van der Waals surface area (Å²) in [7, 11) is 0. The van der Waals surface area contributed by atoms with Gasteiger partial charge in [-0.1, -0.05) is 18.3 Å². The minimum atomic E-state index is -0.442. The fourth-order valence-corrected chi connectivity index (χ4v) is 1.72. The molecule has 2 aromatic rings. The van der Waals surface area contributed by atoms with Crippen molar-refractivity contribution < 1.29 is 13.5 Å². The highest BCUT2D eigenvalue weighted by Crippen LogP contribution is 2.16. The molecule has 0 aliphatic rings. The highest BCUT2D eigenvalue weighted by atomic mass is 32.1. The van der Waals surface area contributed by atoms with Gasteiger partial charge in [0, 0.05) is 11.6 Å². The number of thiocarbonyl (C=S) groups is 1. The first-order chi connectivity index (χ1) is 9.04. The van der Waals surface area contributed by atoms with Crippen LogP contribution in [0.1, 0.15) is 11.1 Å². The molecule has 2 rings (SSSR count). The molecule has 0 aromatic heterocycles. The molecular formula is C14H11F2NOS. The van der Waals surface area contributed by atoms with E-state index >= 15 is 0 Å². The fraction of sp³-hybridized carbons (Fsp3) is 0.0714. The minimum absolute atomic E-state index is 0.108. The molecule has 0 bridgehead atoms. The molecule has 0 amide bonds. The lowest BCUT2D eigenvalue weighted by Crippen LogP contribution is -2.10. The molecule has 0 heterocycles.